The van der Waals surface area contributed by atoms with E-state index in [-0.39, 0.29) is 11.8 Å². The van der Waals surface area contributed by atoms with Crippen LogP contribution in [0.4, 0.5) is 0 Å². The molecule has 2 atom stereocenters. The number of aryl methyl sites for hydroxylation is 1. The van der Waals surface area contributed by atoms with E-state index >= 15 is 0 Å². The minimum atomic E-state index is 0.234. The Labute approximate surface area is 178 Å². The predicted octanol–water partition coefficient (Wildman–Crippen LogP) is 4.43. The van der Waals surface area contributed by atoms with Crippen molar-refractivity contribution in [3.63, 3.8) is 0 Å². The van der Waals surface area contributed by atoms with Gasteiger partial charge in [-0.25, -0.2) is 14.6 Å². The standard InChI is InChI=1S/C20H23IN6O/c1-11(2)19-24-18(25-27(19)12(3)10-22)15-8-7-14(15)17-13(4)26-9-5-6-16(28-21)20(26)23-17/h5-6,9-10,14-15H,1,7-8,22H2,2-4H3/b12-10-. The van der Waals surface area contributed by atoms with Crippen molar-refractivity contribution in [2.45, 2.75) is 45.4 Å². The van der Waals surface area contributed by atoms with E-state index in [2.05, 4.69) is 17.9 Å². The van der Waals surface area contributed by atoms with Gasteiger partial charge in [-0.05, 0) is 51.3 Å². The first kappa shape index (κ1) is 19.0. The van der Waals surface area contributed by atoms with Gasteiger partial charge in [-0.15, -0.1) is 0 Å². The lowest BCUT2D eigenvalue weighted by molar-refractivity contribution is 0.326. The molecule has 1 aliphatic rings. The molecule has 8 heteroatoms. The fourth-order valence-electron chi connectivity index (χ4n) is 3.80. The minimum Gasteiger partial charge on any atom is -0.424 e. The van der Waals surface area contributed by atoms with E-state index in [9.17, 15) is 0 Å². The number of nitrogens with two attached hydrogens (primary N) is 1. The van der Waals surface area contributed by atoms with Crippen LogP contribution in [0.2, 0.25) is 0 Å². The molecule has 3 aromatic heterocycles. The number of imidazole rings is 1. The van der Waals surface area contributed by atoms with E-state index in [1.165, 1.54) is 0 Å². The third-order valence-electron chi connectivity index (χ3n) is 5.51. The summed E-state index contributed by atoms with van der Waals surface area (Å²) >= 11 is 1.90. The van der Waals surface area contributed by atoms with E-state index < -0.39 is 0 Å². The van der Waals surface area contributed by atoms with E-state index in [4.69, 9.17) is 23.9 Å². The highest BCUT2D eigenvalue weighted by molar-refractivity contribution is 14.1. The lowest BCUT2D eigenvalue weighted by atomic mass is 9.71. The van der Waals surface area contributed by atoms with Gasteiger partial charge in [0.1, 0.15) is 0 Å². The van der Waals surface area contributed by atoms with Crippen molar-refractivity contribution in [2.24, 2.45) is 5.73 Å². The Morgan fingerprint density at radius 1 is 1.32 bits per heavy atom. The smallest absolute Gasteiger partial charge is 0.192 e. The average Bonchev–Trinajstić information content (AvgIpc) is 3.23. The Bertz CT molecular complexity index is 1100. The lowest BCUT2D eigenvalue weighted by Gasteiger charge is -2.33. The normalized spacial score (nSPS) is 19.6. The molecule has 0 bridgehead atoms. The summed E-state index contributed by atoms with van der Waals surface area (Å²) < 4.78 is 9.33. The summed E-state index contributed by atoms with van der Waals surface area (Å²) in [6, 6.07) is 3.91. The van der Waals surface area contributed by atoms with Gasteiger partial charge >= 0.3 is 0 Å². The molecule has 0 radical (unpaired) electrons. The van der Waals surface area contributed by atoms with Gasteiger partial charge in [0, 0.05) is 29.9 Å². The van der Waals surface area contributed by atoms with Crippen molar-refractivity contribution < 1.29 is 3.07 Å². The fraction of sp³-hybridized carbons (Fsp3) is 0.350. The van der Waals surface area contributed by atoms with E-state index in [1.807, 2.05) is 55.2 Å². The molecular formula is C20H23IN6O. The molecule has 0 aromatic carbocycles. The van der Waals surface area contributed by atoms with E-state index in [0.29, 0.717) is 0 Å². The molecule has 1 saturated carbocycles. The summed E-state index contributed by atoms with van der Waals surface area (Å²) in [5.74, 6) is 2.88. The molecule has 1 fully saturated rings. The molecule has 2 unspecified atom stereocenters. The summed E-state index contributed by atoms with van der Waals surface area (Å²) in [7, 11) is 0. The Hall–Kier alpha value is -2.36. The molecule has 0 amide bonds. The maximum Gasteiger partial charge on any atom is 0.192 e. The molecule has 0 aliphatic heterocycles. The average molecular weight is 490 g/mol. The number of pyridine rings is 1. The topological polar surface area (TPSA) is 83.3 Å². The largest absolute Gasteiger partial charge is 0.424 e. The highest BCUT2D eigenvalue weighted by atomic mass is 127. The second-order valence-electron chi connectivity index (χ2n) is 7.31. The second kappa shape index (κ2) is 7.23. The summed E-state index contributed by atoms with van der Waals surface area (Å²) in [6.07, 6.45) is 5.67. The van der Waals surface area contributed by atoms with E-state index in [1.54, 1.807) is 10.9 Å². The zero-order valence-corrected chi connectivity index (χ0v) is 18.3. The first-order valence-corrected chi connectivity index (χ1v) is 10.1. The number of fused-ring (bicyclic) bond motifs is 1. The maximum absolute atomic E-state index is 5.71. The van der Waals surface area contributed by atoms with Crippen LogP contribution in [0.3, 0.4) is 0 Å². The van der Waals surface area contributed by atoms with Gasteiger partial charge in [-0.1, -0.05) is 6.58 Å². The van der Waals surface area contributed by atoms with Gasteiger partial charge in [-0.2, -0.15) is 5.10 Å². The minimum absolute atomic E-state index is 0.234. The molecule has 7 nitrogen and oxygen atoms in total. The first-order valence-electron chi connectivity index (χ1n) is 9.24. The second-order valence-corrected chi connectivity index (χ2v) is 7.75. The number of rotatable bonds is 5. The molecule has 3 heterocycles. The Balaban J connectivity index is 1.74. The monoisotopic (exact) mass is 490 g/mol. The quantitative estimate of drug-likeness (QED) is 0.535. The Morgan fingerprint density at radius 2 is 2.07 bits per heavy atom. The van der Waals surface area contributed by atoms with Crippen molar-refractivity contribution in [1.29, 1.82) is 0 Å². The lowest BCUT2D eigenvalue weighted by Crippen LogP contribution is -2.24. The Morgan fingerprint density at radius 3 is 2.68 bits per heavy atom. The first-order chi connectivity index (χ1) is 13.5. The maximum atomic E-state index is 5.71. The molecule has 0 spiro atoms. The summed E-state index contributed by atoms with van der Waals surface area (Å²) in [5.41, 5.74) is 10.5. The number of hydrogen-bond donors (Lipinski definition) is 1. The van der Waals surface area contributed by atoms with E-state index in [0.717, 1.165) is 58.5 Å². The van der Waals surface area contributed by atoms with Crippen LogP contribution in [-0.4, -0.2) is 24.1 Å². The summed E-state index contributed by atoms with van der Waals surface area (Å²) in [5, 5.41) is 4.75. The van der Waals surface area contributed by atoms with Crippen LogP contribution in [0.1, 0.15) is 61.6 Å². The zero-order chi connectivity index (χ0) is 20.0. The van der Waals surface area contributed by atoms with Crippen LogP contribution in [0.25, 0.3) is 16.9 Å². The van der Waals surface area contributed by atoms with Crippen LogP contribution >= 0.6 is 23.0 Å². The van der Waals surface area contributed by atoms with Gasteiger partial charge < -0.3 is 13.2 Å². The number of allylic oxidation sites excluding steroid dienone is 2. The summed E-state index contributed by atoms with van der Waals surface area (Å²) in [4.78, 5) is 9.71. The van der Waals surface area contributed by atoms with Crippen LogP contribution in [0.5, 0.6) is 5.75 Å². The number of aromatic nitrogens is 5. The van der Waals surface area contributed by atoms with Gasteiger partial charge in [0.2, 0.25) is 0 Å². The highest BCUT2D eigenvalue weighted by Gasteiger charge is 2.39. The fourth-order valence-corrected chi connectivity index (χ4v) is 4.15. The predicted molar refractivity (Wildman–Crippen MR) is 118 cm³/mol. The van der Waals surface area contributed by atoms with Crippen LogP contribution in [0, 0.1) is 6.92 Å². The number of hydrogen-bond acceptors (Lipinski definition) is 5. The van der Waals surface area contributed by atoms with Gasteiger partial charge in [0.05, 0.1) is 11.4 Å². The molecule has 0 saturated heterocycles. The van der Waals surface area contributed by atoms with Crippen molar-refractivity contribution in [1.82, 2.24) is 24.1 Å². The molecular weight excluding hydrogens is 467 g/mol. The molecule has 2 N–H and O–H groups in total. The Kier molecular flexibility index (Phi) is 4.90. The van der Waals surface area contributed by atoms with Crippen molar-refractivity contribution in [2.75, 3.05) is 0 Å². The van der Waals surface area contributed by atoms with Gasteiger partial charge in [-0.3, -0.25) is 0 Å². The van der Waals surface area contributed by atoms with Crippen molar-refractivity contribution in [3.05, 3.63) is 54.1 Å². The van der Waals surface area contributed by atoms with Crippen molar-refractivity contribution in [3.8, 4) is 5.75 Å². The van der Waals surface area contributed by atoms with Crippen LogP contribution < -0.4 is 8.80 Å². The number of halogens is 1. The zero-order valence-electron chi connectivity index (χ0n) is 16.2. The third-order valence-corrected chi connectivity index (χ3v) is 5.99. The SMILES string of the molecule is C=C(C)c1nc(C2CCC2c2nc3c(OI)cccn3c2C)nn1/C(C)=C\N. The molecule has 1 aliphatic carbocycles. The van der Waals surface area contributed by atoms with Crippen LogP contribution in [-0.2, 0) is 0 Å². The van der Waals surface area contributed by atoms with Crippen LogP contribution in [0.15, 0.2) is 31.1 Å². The molecule has 146 valence electrons. The third kappa shape index (κ3) is 2.90. The molecule has 3 aromatic rings. The van der Waals surface area contributed by atoms with Gasteiger partial charge in [0.25, 0.3) is 0 Å². The molecule has 4 rings (SSSR count). The summed E-state index contributed by atoms with van der Waals surface area (Å²) in [6.45, 7) is 9.99. The highest BCUT2D eigenvalue weighted by Crippen LogP contribution is 2.49. The van der Waals surface area contributed by atoms with Crippen molar-refractivity contribution >= 4 is 39.9 Å². The number of nitrogens with zero attached hydrogens (tertiary/aromatic N) is 5. The van der Waals surface area contributed by atoms with Gasteiger partial charge in [0.15, 0.2) is 46.1 Å². The molecule has 28 heavy (non-hydrogen) atoms.